The van der Waals surface area contributed by atoms with E-state index in [1.807, 2.05) is 0 Å². The summed E-state index contributed by atoms with van der Waals surface area (Å²) in [6.07, 6.45) is 0. The van der Waals surface area contributed by atoms with Gasteiger partial charge in [-0.15, -0.1) is 0 Å². The number of aryl methyl sites for hydroxylation is 1. The first-order valence-electron chi connectivity index (χ1n) is 5.89. The second-order valence-corrected chi connectivity index (χ2v) is 4.33. The van der Waals surface area contributed by atoms with Gasteiger partial charge in [0.2, 0.25) is 0 Å². The van der Waals surface area contributed by atoms with Gasteiger partial charge < -0.3 is 11.1 Å². The molecule has 0 bridgehead atoms. The van der Waals surface area contributed by atoms with Gasteiger partial charge in [-0.3, -0.25) is 14.9 Å². The molecular weight excluding hydrogens is 258 g/mol. The molecule has 0 fully saturated rings. The standard InChI is InChI=1S/C14H13N3O3/c1-9-2-3-10(8-13(9)17(19)20)14(18)16-12-6-4-11(15)5-7-12/h2-8H,15H2,1H3,(H,16,18). The van der Waals surface area contributed by atoms with E-state index in [0.717, 1.165) is 0 Å². The summed E-state index contributed by atoms with van der Waals surface area (Å²) >= 11 is 0. The normalized spacial score (nSPS) is 10.1. The number of nitrogens with two attached hydrogens (primary N) is 1. The molecule has 20 heavy (non-hydrogen) atoms. The molecule has 0 saturated heterocycles. The predicted octanol–water partition coefficient (Wildman–Crippen LogP) is 2.74. The molecule has 0 spiro atoms. The van der Waals surface area contributed by atoms with Crippen molar-refractivity contribution in [3.8, 4) is 0 Å². The van der Waals surface area contributed by atoms with E-state index in [2.05, 4.69) is 5.32 Å². The highest BCUT2D eigenvalue weighted by Crippen LogP contribution is 2.20. The van der Waals surface area contributed by atoms with E-state index in [1.54, 1.807) is 43.3 Å². The summed E-state index contributed by atoms with van der Waals surface area (Å²) in [4.78, 5) is 22.4. The van der Waals surface area contributed by atoms with E-state index in [9.17, 15) is 14.9 Å². The van der Waals surface area contributed by atoms with E-state index < -0.39 is 10.8 Å². The number of amides is 1. The molecule has 0 aliphatic carbocycles. The first-order chi connectivity index (χ1) is 9.47. The van der Waals surface area contributed by atoms with Crippen LogP contribution >= 0.6 is 0 Å². The fraction of sp³-hybridized carbons (Fsp3) is 0.0714. The van der Waals surface area contributed by atoms with Crippen molar-refractivity contribution in [3.05, 3.63) is 63.7 Å². The molecule has 0 aromatic heterocycles. The van der Waals surface area contributed by atoms with Crippen LogP contribution in [-0.2, 0) is 0 Å². The molecule has 3 N–H and O–H groups in total. The maximum atomic E-state index is 12.0. The summed E-state index contributed by atoms with van der Waals surface area (Å²) in [5, 5.41) is 13.5. The SMILES string of the molecule is Cc1ccc(C(=O)Nc2ccc(N)cc2)cc1[N+](=O)[O-]. The summed E-state index contributed by atoms with van der Waals surface area (Å²) in [7, 11) is 0. The zero-order chi connectivity index (χ0) is 14.7. The largest absolute Gasteiger partial charge is 0.399 e. The van der Waals surface area contributed by atoms with Crippen LogP contribution < -0.4 is 11.1 Å². The Labute approximate surface area is 115 Å². The molecule has 0 atom stereocenters. The van der Waals surface area contributed by atoms with Gasteiger partial charge in [-0.05, 0) is 37.3 Å². The van der Waals surface area contributed by atoms with Gasteiger partial charge in [0.05, 0.1) is 4.92 Å². The molecule has 6 heteroatoms. The lowest BCUT2D eigenvalue weighted by atomic mass is 10.1. The van der Waals surface area contributed by atoms with Crippen molar-refractivity contribution in [1.29, 1.82) is 0 Å². The van der Waals surface area contributed by atoms with Crippen LogP contribution in [0.2, 0.25) is 0 Å². The average Bonchev–Trinajstić information content (AvgIpc) is 2.41. The highest BCUT2D eigenvalue weighted by atomic mass is 16.6. The summed E-state index contributed by atoms with van der Waals surface area (Å²) in [6.45, 7) is 1.62. The first kappa shape index (κ1) is 13.5. The fourth-order valence-electron chi connectivity index (χ4n) is 1.72. The van der Waals surface area contributed by atoms with Gasteiger partial charge in [-0.1, -0.05) is 6.07 Å². The molecule has 0 radical (unpaired) electrons. The van der Waals surface area contributed by atoms with E-state index in [0.29, 0.717) is 16.9 Å². The van der Waals surface area contributed by atoms with Crippen molar-refractivity contribution in [3.63, 3.8) is 0 Å². The van der Waals surface area contributed by atoms with E-state index in [-0.39, 0.29) is 11.3 Å². The molecule has 0 heterocycles. The van der Waals surface area contributed by atoms with E-state index in [1.165, 1.54) is 6.07 Å². The zero-order valence-electron chi connectivity index (χ0n) is 10.8. The number of hydrogen-bond donors (Lipinski definition) is 2. The van der Waals surface area contributed by atoms with Crippen LogP contribution in [0.1, 0.15) is 15.9 Å². The Morgan fingerprint density at radius 1 is 1.20 bits per heavy atom. The van der Waals surface area contributed by atoms with Gasteiger partial charge in [0.25, 0.3) is 11.6 Å². The van der Waals surface area contributed by atoms with Gasteiger partial charge in [-0.2, -0.15) is 0 Å². The summed E-state index contributed by atoms with van der Waals surface area (Å²) in [5.74, 6) is -0.405. The summed E-state index contributed by atoms with van der Waals surface area (Å²) in [5.41, 5.74) is 7.39. The minimum atomic E-state index is -0.505. The lowest BCUT2D eigenvalue weighted by Gasteiger charge is -2.06. The molecule has 102 valence electrons. The number of nitrogens with one attached hydrogen (secondary N) is 1. The number of nitrogens with zero attached hydrogens (tertiary/aromatic N) is 1. The van der Waals surface area contributed by atoms with Gasteiger partial charge in [0.15, 0.2) is 0 Å². The number of hydrogen-bond acceptors (Lipinski definition) is 4. The maximum Gasteiger partial charge on any atom is 0.273 e. The lowest BCUT2D eigenvalue weighted by molar-refractivity contribution is -0.385. The van der Waals surface area contributed by atoms with Gasteiger partial charge in [-0.25, -0.2) is 0 Å². The first-order valence-corrected chi connectivity index (χ1v) is 5.89. The summed E-state index contributed by atoms with van der Waals surface area (Å²) in [6, 6.07) is 11.0. The van der Waals surface area contributed by atoms with Crippen molar-refractivity contribution >= 4 is 23.0 Å². The third-order valence-electron chi connectivity index (χ3n) is 2.84. The number of carbonyl (C=O) groups excluding carboxylic acids is 1. The fourth-order valence-corrected chi connectivity index (χ4v) is 1.72. The van der Waals surface area contributed by atoms with E-state index >= 15 is 0 Å². The molecular formula is C14H13N3O3. The number of anilines is 2. The van der Waals surface area contributed by atoms with Gasteiger partial charge >= 0.3 is 0 Å². The topological polar surface area (TPSA) is 98.3 Å². The smallest absolute Gasteiger partial charge is 0.273 e. The minimum Gasteiger partial charge on any atom is -0.399 e. The quantitative estimate of drug-likeness (QED) is 0.509. The molecule has 0 saturated carbocycles. The Hall–Kier alpha value is -2.89. The number of carbonyl (C=O) groups is 1. The minimum absolute atomic E-state index is 0.0741. The summed E-state index contributed by atoms with van der Waals surface area (Å²) < 4.78 is 0. The van der Waals surface area contributed by atoms with Crippen LogP contribution in [-0.4, -0.2) is 10.8 Å². The van der Waals surface area contributed by atoms with Crippen molar-refractivity contribution in [2.45, 2.75) is 6.92 Å². The Balaban J connectivity index is 2.23. The van der Waals surface area contributed by atoms with Crippen LogP contribution in [0.5, 0.6) is 0 Å². The Morgan fingerprint density at radius 3 is 2.45 bits per heavy atom. The van der Waals surface area contributed by atoms with E-state index in [4.69, 9.17) is 5.73 Å². The Bertz CT molecular complexity index is 666. The van der Waals surface area contributed by atoms with Crippen molar-refractivity contribution in [2.75, 3.05) is 11.1 Å². The van der Waals surface area contributed by atoms with Crippen LogP contribution in [0.4, 0.5) is 17.1 Å². The highest BCUT2D eigenvalue weighted by molar-refractivity contribution is 6.04. The molecule has 2 aromatic rings. The Kier molecular flexibility index (Phi) is 3.65. The Morgan fingerprint density at radius 2 is 1.85 bits per heavy atom. The maximum absolute atomic E-state index is 12.0. The number of nitro benzene ring substituents is 1. The molecule has 2 rings (SSSR count). The molecule has 0 aliphatic heterocycles. The van der Waals surface area contributed by atoms with Crippen LogP contribution in [0, 0.1) is 17.0 Å². The highest BCUT2D eigenvalue weighted by Gasteiger charge is 2.14. The second-order valence-electron chi connectivity index (χ2n) is 4.33. The second kappa shape index (κ2) is 5.40. The van der Waals surface area contributed by atoms with Crippen LogP contribution in [0.3, 0.4) is 0 Å². The monoisotopic (exact) mass is 271 g/mol. The molecule has 6 nitrogen and oxygen atoms in total. The zero-order valence-corrected chi connectivity index (χ0v) is 10.8. The number of nitrogen functional groups attached to an aromatic ring is 1. The number of benzene rings is 2. The number of rotatable bonds is 3. The molecule has 0 aliphatic rings. The lowest BCUT2D eigenvalue weighted by Crippen LogP contribution is -2.12. The molecule has 2 aromatic carbocycles. The van der Waals surface area contributed by atoms with Gasteiger partial charge in [0.1, 0.15) is 0 Å². The molecule has 0 unspecified atom stereocenters. The van der Waals surface area contributed by atoms with Crippen molar-refractivity contribution in [1.82, 2.24) is 0 Å². The van der Waals surface area contributed by atoms with Crippen LogP contribution in [0.15, 0.2) is 42.5 Å². The van der Waals surface area contributed by atoms with Crippen molar-refractivity contribution in [2.24, 2.45) is 0 Å². The molecule has 1 amide bonds. The van der Waals surface area contributed by atoms with Crippen LogP contribution in [0.25, 0.3) is 0 Å². The number of nitro groups is 1. The average molecular weight is 271 g/mol. The van der Waals surface area contributed by atoms with Gasteiger partial charge in [0, 0.05) is 28.6 Å². The third-order valence-corrected chi connectivity index (χ3v) is 2.84. The van der Waals surface area contributed by atoms with Crippen molar-refractivity contribution < 1.29 is 9.72 Å². The predicted molar refractivity (Wildman–Crippen MR) is 76.6 cm³/mol. The third kappa shape index (κ3) is 2.92.